The molecule has 12 nitrogen and oxygen atoms in total. The maximum absolute atomic E-state index is 12.0. The molecule has 2 aromatic heterocycles. The molecule has 21 heteroatoms. The summed E-state index contributed by atoms with van der Waals surface area (Å²) in [5, 5.41) is 7.28. The minimum absolute atomic E-state index is 0.00416. The van der Waals surface area contributed by atoms with Crippen molar-refractivity contribution in [3.63, 3.8) is 0 Å². The molecule has 2 heterocycles. The summed E-state index contributed by atoms with van der Waals surface area (Å²) in [6, 6.07) is 13.2. The Balaban J connectivity index is 1.25. The molecule has 0 spiro atoms. The Morgan fingerprint density at radius 2 is 0.918 bits per heavy atom. The first-order valence-electron chi connectivity index (χ1n) is 13.3. The lowest BCUT2D eigenvalue weighted by atomic mass is 10.1. The van der Waals surface area contributed by atoms with Crippen LogP contribution in [-0.4, -0.2) is 54.3 Å². The summed E-state index contributed by atoms with van der Waals surface area (Å²) in [5.74, 6) is -1.27. The zero-order valence-electron chi connectivity index (χ0n) is 24.3. The maximum atomic E-state index is 12.0. The molecular formula is C28H17Cl9N8O4. The number of carbonyl (C=O) groups is 2. The van der Waals surface area contributed by atoms with E-state index in [1.165, 1.54) is 12.4 Å². The van der Waals surface area contributed by atoms with Crippen LogP contribution in [0.3, 0.4) is 0 Å². The molecule has 49 heavy (non-hydrogen) atoms. The predicted molar refractivity (Wildman–Crippen MR) is 190 cm³/mol. The van der Waals surface area contributed by atoms with E-state index in [9.17, 15) is 9.59 Å². The van der Waals surface area contributed by atoms with Gasteiger partial charge in [0, 0.05) is 11.1 Å². The Morgan fingerprint density at radius 3 is 1.29 bits per heavy atom. The summed E-state index contributed by atoms with van der Waals surface area (Å²) in [4.78, 5) is 58.3. The van der Waals surface area contributed by atoms with Crippen molar-refractivity contribution in [2.24, 2.45) is 10.3 Å². The predicted octanol–water partition coefficient (Wildman–Crippen LogP) is 8.41. The molecule has 0 aliphatic rings. The highest BCUT2D eigenvalue weighted by molar-refractivity contribution is 6.67. The molecule has 2 aromatic carbocycles. The van der Waals surface area contributed by atoms with Gasteiger partial charge in [-0.1, -0.05) is 163 Å². The largest absolute Gasteiger partial charge is 0.335 e. The molecule has 0 amide bonds. The van der Waals surface area contributed by atoms with Gasteiger partial charge in [0.1, 0.15) is 5.82 Å². The van der Waals surface area contributed by atoms with Gasteiger partial charge in [-0.15, -0.1) is 0 Å². The van der Waals surface area contributed by atoms with E-state index in [4.69, 9.17) is 114 Å². The van der Waals surface area contributed by atoms with Crippen molar-refractivity contribution in [2.45, 2.75) is 31.1 Å². The van der Waals surface area contributed by atoms with Crippen LogP contribution in [0.4, 0.5) is 0 Å². The fourth-order valence-corrected chi connectivity index (χ4v) is 4.28. The second-order valence-electron chi connectivity index (χ2n) is 9.47. The lowest BCUT2D eigenvalue weighted by molar-refractivity contribution is -0.150. The van der Waals surface area contributed by atoms with E-state index in [0.29, 0.717) is 33.9 Å². The highest BCUT2D eigenvalue weighted by Gasteiger charge is 2.34. The van der Waals surface area contributed by atoms with E-state index in [1.54, 1.807) is 55.5 Å². The van der Waals surface area contributed by atoms with Crippen molar-refractivity contribution in [3.05, 3.63) is 83.0 Å². The van der Waals surface area contributed by atoms with E-state index in [-0.39, 0.29) is 36.1 Å². The monoisotopic (exact) mass is 844 g/mol. The molecule has 4 rings (SSSR count). The molecular weight excluding hydrogens is 831 g/mol. The summed E-state index contributed by atoms with van der Waals surface area (Å²) in [6.45, 7) is 1.65. The molecule has 0 radical (unpaired) electrons. The highest BCUT2D eigenvalue weighted by atomic mass is 35.6. The molecule has 0 saturated heterocycles. The standard InChI is InChI=1S/C28H17Cl9N8O4/c1-14-40-21(42-23(41-14)26(29,30)31)17-6-2-15(3-7-17)12-38-48-19(46)10-11-20(47)49-39-13-16-4-8-18(9-5-16)22-43-24(27(32,33)34)45-25(44-22)28(35,36)37/h2-9,12-13H,10-11H2,1H3/b38-12-,39-13-. The number of alkyl halides is 9. The van der Waals surface area contributed by atoms with Crippen molar-refractivity contribution in [1.29, 1.82) is 0 Å². The van der Waals surface area contributed by atoms with Gasteiger partial charge in [0.05, 0.1) is 25.3 Å². The number of carbonyl (C=O) groups excluding carboxylic acids is 2. The average Bonchev–Trinajstić information content (AvgIpc) is 3.03. The van der Waals surface area contributed by atoms with Crippen LogP contribution in [0.15, 0.2) is 58.8 Å². The molecule has 0 atom stereocenters. The van der Waals surface area contributed by atoms with Crippen LogP contribution in [0.5, 0.6) is 0 Å². The van der Waals surface area contributed by atoms with E-state index < -0.39 is 23.3 Å². The third kappa shape index (κ3) is 12.0. The lowest BCUT2D eigenvalue weighted by Crippen LogP contribution is -2.16. The number of oxime groups is 2. The van der Waals surface area contributed by atoms with Crippen LogP contribution < -0.4 is 0 Å². The van der Waals surface area contributed by atoms with E-state index in [0.717, 1.165) is 0 Å². The number of rotatable bonds is 9. The smallest absolute Gasteiger partial charge is 0.318 e. The quantitative estimate of drug-likeness (QED) is 0.0694. The van der Waals surface area contributed by atoms with Gasteiger partial charge in [0.25, 0.3) is 0 Å². The van der Waals surface area contributed by atoms with Crippen LogP contribution >= 0.6 is 104 Å². The second-order valence-corrected chi connectivity index (χ2v) is 16.3. The molecule has 0 aliphatic heterocycles. The normalized spacial score (nSPS) is 12.4. The molecule has 4 aromatic rings. The molecule has 0 bridgehead atoms. The maximum Gasteiger partial charge on any atom is 0.335 e. The number of benzene rings is 2. The van der Waals surface area contributed by atoms with Gasteiger partial charge >= 0.3 is 11.9 Å². The lowest BCUT2D eigenvalue weighted by Gasteiger charge is -2.15. The Kier molecular flexibility index (Phi) is 13.2. The number of halogens is 9. The Labute approximate surface area is 323 Å². The minimum Gasteiger partial charge on any atom is -0.318 e. The van der Waals surface area contributed by atoms with Gasteiger partial charge in [0.15, 0.2) is 29.1 Å². The molecule has 0 unspecified atom stereocenters. The molecule has 0 fully saturated rings. The summed E-state index contributed by atoms with van der Waals surface area (Å²) in [6.07, 6.45) is 1.96. The van der Waals surface area contributed by atoms with Gasteiger partial charge in [-0.25, -0.2) is 39.5 Å². The Morgan fingerprint density at radius 1 is 0.571 bits per heavy atom. The van der Waals surface area contributed by atoms with Crippen molar-refractivity contribution in [1.82, 2.24) is 29.9 Å². The molecule has 0 saturated carbocycles. The van der Waals surface area contributed by atoms with E-state index in [2.05, 4.69) is 40.2 Å². The fraction of sp³-hybridized carbons (Fsp3) is 0.214. The van der Waals surface area contributed by atoms with E-state index >= 15 is 0 Å². The van der Waals surface area contributed by atoms with Crippen LogP contribution in [0.2, 0.25) is 0 Å². The summed E-state index contributed by atoms with van der Waals surface area (Å²) in [7, 11) is 0. The Bertz CT molecular complexity index is 1850. The van der Waals surface area contributed by atoms with Crippen LogP contribution in [0.1, 0.15) is 47.3 Å². The average molecular weight is 849 g/mol. The van der Waals surface area contributed by atoms with Crippen LogP contribution in [0, 0.1) is 6.92 Å². The third-order valence-corrected chi connectivity index (χ3v) is 7.25. The molecule has 0 aliphatic carbocycles. The number of nitrogens with zero attached hydrogens (tertiary/aromatic N) is 8. The van der Waals surface area contributed by atoms with Gasteiger partial charge in [-0.05, 0) is 18.1 Å². The molecule has 0 N–H and O–H groups in total. The van der Waals surface area contributed by atoms with Crippen molar-refractivity contribution in [2.75, 3.05) is 0 Å². The zero-order chi connectivity index (χ0) is 36.0. The first kappa shape index (κ1) is 39.1. The van der Waals surface area contributed by atoms with Crippen molar-refractivity contribution >= 4 is 129 Å². The first-order chi connectivity index (χ1) is 22.9. The number of aromatic nitrogens is 6. The SMILES string of the molecule is Cc1nc(-c2ccc(/C=N\OC(=O)CCC(=O)O/N=C\c3ccc(-c4nc(C(Cl)(Cl)Cl)nc(C(Cl)(Cl)Cl)n4)cc3)cc2)nc(C(Cl)(Cl)Cl)n1. The van der Waals surface area contributed by atoms with E-state index in [1.807, 2.05) is 0 Å². The van der Waals surface area contributed by atoms with Crippen molar-refractivity contribution in [3.8, 4) is 22.8 Å². The van der Waals surface area contributed by atoms with Gasteiger partial charge in [-0.2, -0.15) is 0 Å². The van der Waals surface area contributed by atoms with Gasteiger partial charge in [0.2, 0.25) is 11.4 Å². The fourth-order valence-electron chi connectivity index (χ4n) is 3.52. The number of hydrogen-bond donors (Lipinski definition) is 0. The summed E-state index contributed by atoms with van der Waals surface area (Å²) >= 11 is 53.2. The second kappa shape index (κ2) is 16.6. The Hall–Kier alpha value is -2.65. The summed E-state index contributed by atoms with van der Waals surface area (Å²) < 4.78 is -5.81. The van der Waals surface area contributed by atoms with Crippen LogP contribution in [0.25, 0.3) is 22.8 Å². The van der Waals surface area contributed by atoms with Crippen molar-refractivity contribution < 1.29 is 19.3 Å². The van der Waals surface area contributed by atoms with Gasteiger partial charge < -0.3 is 9.68 Å². The van der Waals surface area contributed by atoms with Crippen LogP contribution in [-0.2, 0) is 30.6 Å². The number of aryl methyl sites for hydroxylation is 1. The third-order valence-electron chi connectivity index (χ3n) is 5.73. The number of hydrogen-bond acceptors (Lipinski definition) is 12. The molecule has 256 valence electrons. The first-order valence-corrected chi connectivity index (χ1v) is 16.7. The topological polar surface area (TPSA) is 155 Å². The zero-order valence-corrected chi connectivity index (χ0v) is 31.1. The van der Waals surface area contributed by atoms with Gasteiger partial charge in [-0.3, -0.25) is 0 Å². The highest BCUT2D eigenvalue weighted by Crippen LogP contribution is 2.41. The minimum atomic E-state index is -2.00. The summed E-state index contributed by atoms with van der Waals surface area (Å²) in [5.41, 5.74) is 2.22.